The third kappa shape index (κ3) is 3.92. The van der Waals surface area contributed by atoms with Gasteiger partial charge in [-0.3, -0.25) is 10.1 Å². The van der Waals surface area contributed by atoms with Gasteiger partial charge in [0.05, 0.1) is 11.0 Å². The molecular weight excluding hydrogens is 264 g/mol. The van der Waals surface area contributed by atoms with Gasteiger partial charge in [0.2, 0.25) is 0 Å². The predicted molar refractivity (Wildman–Crippen MR) is 70.5 cm³/mol. The summed E-state index contributed by atoms with van der Waals surface area (Å²) in [6.07, 6.45) is 1.91. The number of hydrogen-bond donors (Lipinski definition) is 2. The van der Waals surface area contributed by atoms with Crippen LogP contribution in [0.1, 0.15) is 25.7 Å². The Bertz CT molecular complexity index is 480. The molecule has 0 spiro atoms. The fraction of sp³-hybridized carbons (Fsp3) is 0.462. The Balaban J connectivity index is 1.83. The Kier molecular flexibility index (Phi) is 4.52. The zero-order valence-electron chi connectivity index (χ0n) is 10.8. The predicted octanol–water partition coefficient (Wildman–Crippen LogP) is 1.99. The van der Waals surface area contributed by atoms with Crippen molar-refractivity contribution in [3.63, 3.8) is 0 Å². The molecule has 108 valence electrons. The summed E-state index contributed by atoms with van der Waals surface area (Å²) in [6.45, 7) is 0. The topological polar surface area (TPSA) is 102 Å². The molecule has 0 unspecified atom stereocenters. The maximum Gasteiger partial charge on any atom is 0.412 e. The summed E-state index contributed by atoms with van der Waals surface area (Å²) in [5.41, 5.74) is -0.0565. The van der Waals surface area contributed by atoms with E-state index in [1.807, 2.05) is 0 Å². The molecule has 7 nitrogen and oxygen atoms in total. The zero-order valence-corrected chi connectivity index (χ0v) is 10.8. The fourth-order valence-electron chi connectivity index (χ4n) is 2.16. The molecule has 1 fully saturated rings. The number of carbonyl (C=O) groups is 1. The Morgan fingerprint density at radius 3 is 2.40 bits per heavy atom. The molecule has 1 aromatic rings. The molecule has 0 saturated heterocycles. The summed E-state index contributed by atoms with van der Waals surface area (Å²) >= 11 is 0. The number of carbonyl (C=O) groups excluding carboxylic acids is 1. The molecule has 20 heavy (non-hydrogen) atoms. The smallest absolute Gasteiger partial charge is 0.410 e. The number of benzene rings is 1. The maximum absolute atomic E-state index is 11.7. The number of nitro benzene ring substituents is 1. The summed E-state index contributed by atoms with van der Waals surface area (Å²) in [7, 11) is 0. The number of non-ortho nitro benzene ring substituents is 1. The molecule has 0 aliphatic heterocycles. The lowest BCUT2D eigenvalue weighted by atomic mass is 9.93. The van der Waals surface area contributed by atoms with Crippen LogP contribution < -0.4 is 10.1 Å². The summed E-state index contributed by atoms with van der Waals surface area (Å²) in [5, 5.41) is 22.6. The number of aliphatic hydroxyl groups is 1. The third-order valence-corrected chi connectivity index (χ3v) is 3.28. The largest absolute Gasteiger partial charge is 0.412 e. The molecular formula is C13H16N2O5. The molecule has 1 amide bonds. The standard InChI is InChI=1S/C13H16N2O5/c16-11-5-1-9(2-6-11)14-13(17)20-12-7-3-10(4-8-12)15(18)19/h3-4,7-9,11,16H,1-2,5-6H2,(H,14,17). The second kappa shape index (κ2) is 6.33. The minimum atomic E-state index is -0.583. The Morgan fingerprint density at radius 1 is 1.25 bits per heavy atom. The maximum atomic E-state index is 11.7. The first kappa shape index (κ1) is 14.3. The Labute approximate surface area is 115 Å². The average Bonchev–Trinajstić information content (AvgIpc) is 2.42. The molecule has 0 aromatic heterocycles. The van der Waals surface area contributed by atoms with Crippen LogP contribution in [0.2, 0.25) is 0 Å². The van der Waals surface area contributed by atoms with Crippen LogP contribution in [0, 0.1) is 10.1 Å². The van der Waals surface area contributed by atoms with Crippen molar-refractivity contribution in [2.75, 3.05) is 0 Å². The highest BCUT2D eigenvalue weighted by molar-refractivity contribution is 5.70. The van der Waals surface area contributed by atoms with Gasteiger partial charge in [0.25, 0.3) is 5.69 Å². The fourth-order valence-corrected chi connectivity index (χ4v) is 2.16. The summed E-state index contributed by atoms with van der Waals surface area (Å²) in [5.74, 6) is 0.254. The van der Waals surface area contributed by atoms with Crippen molar-refractivity contribution in [2.45, 2.75) is 37.8 Å². The molecule has 1 saturated carbocycles. The van der Waals surface area contributed by atoms with Crippen LogP contribution in [0.3, 0.4) is 0 Å². The van der Waals surface area contributed by atoms with Gasteiger partial charge in [0, 0.05) is 18.2 Å². The number of amides is 1. The molecule has 1 aliphatic carbocycles. The van der Waals surface area contributed by atoms with Gasteiger partial charge in [-0.2, -0.15) is 0 Å². The minimum absolute atomic E-state index is 0.00366. The van der Waals surface area contributed by atoms with Gasteiger partial charge in [0.1, 0.15) is 5.75 Å². The molecule has 0 heterocycles. The highest BCUT2D eigenvalue weighted by Gasteiger charge is 2.21. The van der Waals surface area contributed by atoms with Crippen molar-refractivity contribution >= 4 is 11.8 Å². The van der Waals surface area contributed by atoms with Crippen molar-refractivity contribution in [2.24, 2.45) is 0 Å². The molecule has 1 aromatic carbocycles. The molecule has 0 atom stereocenters. The van der Waals surface area contributed by atoms with Gasteiger partial charge in [-0.25, -0.2) is 4.79 Å². The van der Waals surface area contributed by atoms with Gasteiger partial charge in [-0.05, 0) is 37.8 Å². The van der Waals surface area contributed by atoms with E-state index in [0.29, 0.717) is 12.8 Å². The number of nitrogens with zero attached hydrogens (tertiary/aromatic N) is 1. The van der Waals surface area contributed by atoms with Crippen LogP contribution in [0.4, 0.5) is 10.5 Å². The first-order chi connectivity index (χ1) is 9.54. The van der Waals surface area contributed by atoms with Gasteiger partial charge in [-0.1, -0.05) is 0 Å². The third-order valence-electron chi connectivity index (χ3n) is 3.28. The summed E-state index contributed by atoms with van der Waals surface area (Å²) < 4.78 is 5.04. The lowest BCUT2D eigenvalue weighted by Gasteiger charge is -2.25. The summed E-state index contributed by atoms with van der Waals surface area (Å²) in [6, 6.07) is 5.31. The van der Waals surface area contributed by atoms with Crippen LogP contribution in [0.15, 0.2) is 24.3 Å². The van der Waals surface area contributed by atoms with Gasteiger partial charge >= 0.3 is 6.09 Å². The lowest BCUT2D eigenvalue weighted by Crippen LogP contribution is -2.40. The monoisotopic (exact) mass is 280 g/mol. The van der Waals surface area contributed by atoms with Crippen LogP contribution >= 0.6 is 0 Å². The first-order valence-corrected chi connectivity index (χ1v) is 6.45. The quantitative estimate of drug-likeness (QED) is 0.651. The molecule has 2 rings (SSSR count). The number of aliphatic hydroxyl groups excluding tert-OH is 1. The number of nitrogens with one attached hydrogen (secondary N) is 1. The van der Waals surface area contributed by atoms with E-state index in [2.05, 4.69) is 5.32 Å². The van der Waals surface area contributed by atoms with Gasteiger partial charge < -0.3 is 15.2 Å². The van der Waals surface area contributed by atoms with E-state index >= 15 is 0 Å². The molecule has 7 heteroatoms. The van der Waals surface area contributed by atoms with Crippen molar-refractivity contribution in [3.05, 3.63) is 34.4 Å². The van der Waals surface area contributed by atoms with E-state index in [9.17, 15) is 20.0 Å². The van der Waals surface area contributed by atoms with Crippen LogP contribution in [0.25, 0.3) is 0 Å². The van der Waals surface area contributed by atoms with E-state index in [0.717, 1.165) is 12.8 Å². The lowest BCUT2D eigenvalue weighted by molar-refractivity contribution is -0.384. The van der Waals surface area contributed by atoms with E-state index in [1.54, 1.807) is 0 Å². The van der Waals surface area contributed by atoms with Gasteiger partial charge in [-0.15, -0.1) is 0 Å². The Morgan fingerprint density at radius 2 is 1.85 bits per heavy atom. The number of ether oxygens (including phenoxy) is 1. The zero-order chi connectivity index (χ0) is 14.5. The van der Waals surface area contributed by atoms with Crippen LogP contribution in [0.5, 0.6) is 5.75 Å². The van der Waals surface area contributed by atoms with E-state index < -0.39 is 11.0 Å². The highest BCUT2D eigenvalue weighted by Crippen LogP contribution is 2.20. The minimum Gasteiger partial charge on any atom is -0.410 e. The molecule has 0 bridgehead atoms. The van der Waals surface area contributed by atoms with Crippen molar-refractivity contribution in [1.82, 2.24) is 5.32 Å². The van der Waals surface area contributed by atoms with E-state index in [1.165, 1.54) is 24.3 Å². The van der Waals surface area contributed by atoms with Crippen LogP contribution in [-0.2, 0) is 0 Å². The van der Waals surface area contributed by atoms with E-state index in [-0.39, 0.29) is 23.6 Å². The molecule has 1 aliphatic rings. The van der Waals surface area contributed by atoms with E-state index in [4.69, 9.17) is 4.74 Å². The van der Waals surface area contributed by atoms with Crippen molar-refractivity contribution in [1.29, 1.82) is 0 Å². The first-order valence-electron chi connectivity index (χ1n) is 6.45. The normalized spacial score (nSPS) is 22.1. The number of hydrogen-bond acceptors (Lipinski definition) is 5. The number of rotatable bonds is 3. The SMILES string of the molecule is O=C(NC1CCC(O)CC1)Oc1ccc([N+](=O)[O-])cc1. The highest BCUT2D eigenvalue weighted by atomic mass is 16.6. The second-order valence-corrected chi connectivity index (χ2v) is 4.79. The average molecular weight is 280 g/mol. The van der Waals surface area contributed by atoms with Crippen molar-refractivity contribution < 1.29 is 19.6 Å². The molecule has 0 radical (unpaired) electrons. The van der Waals surface area contributed by atoms with Crippen LogP contribution in [-0.4, -0.2) is 28.3 Å². The van der Waals surface area contributed by atoms with Crippen molar-refractivity contribution in [3.8, 4) is 5.75 Å². The Hall–Kier alpha value is -2.15. The second-order valence-electron chi connectivity index (χ2n) is 4.79. The van der Waals surface area contributed by atoms with Gasteiger partial charge in [0.15, 0.2) is 0 Å². The summed E-state index contributed by atoms with van der Waals surface area (Å²) in [4.78, 5) is 21.6. The number of nitro groups is 1. The molecule has 2 N–H and O–H groups in total.